The number of likely N-dealkylation sites (N-methyl/N-ethyl adjacent to an activating group) is 1. The maximum absolute atomic E-state index is 12.2. The first-order valence-electron chi connectivity index (χ1n) is 8.82. The number of ether oxygens (including phenoxy) is 1. The van der Waals surface area contributed by atoms with Crippen LogP contribution in [0.5, 0.6) is 5.75 Å². The highest BCUT2D eigenvalue weighted by molar-refractivity contribution is 5.73. The van der Waals surface area contributed by atoms with E-state index in [1.807, 2.05) is 30.3 Å². The molecule has 1 aromatic carbocycles. The number of hydrogen-bond donors (Lipinski definition) is 1. The van der Waals surface area contributed by atoms with Crippen molar-refractivity contribution in [3.63, 3.8) is 0 Å². The predicted octanol–water partition coefficient (Wildman–Crippen LogP) is 2.22. The Labute approximate surface area is 148 Å². The van der Waals surface area contributed by atoms with E-state index in [1.165, 1.54) is 6.42 Å². The lowest BCUT2D eigenvalue weighted by Gasteiger charge is -2.18. The van der Waals surface area contributed by atoms with Gasteiger partial charge in [0.05, 0.1) is 13.1 Å². The van der Waals surface area contributed by atoms with Crippen molar-refractivity contribution in [2.45, 2.75) is 38.8 Å². The van der Waals surface area contributed by atoms with Crippen molar-refractivity contribution < 1.29 is 9.53 Å². The fourth-order valence-electron chi connectivity index (χ4n) is 2.88. The summed E-state index contributed by atoms with van der Waals surface area (Å²) in [6, 6.07) is 9.45. The van der Waals surface area contributed by atoms with E-state index in [2.05, 4.69) is 20.1 Å². The van der Waals surface area contributed by atoms with Gasteiger partial charge in [-0.25, -0.2) is 4.79 Å². The summed E-state index contributed by atoms with van der Waals surface area (Å²) in [6.07, 6.45) is 4.49. The molecule has 0 saturated carbocycles. The molecule has 7 heteroatoms. The summed E-state index contributed by atoms with van der Waals surface area (Å²) in [5.41, 5.74) is 0. The average Bonchev–Trinajstić information content (AvgIpc) is 2.86. The molecule has 0 unspecified atom stereocenters. The average molecular weight is 343 g/mol. The van der Waals surface area contributed by atoms with Crippen LogP contribution in [0, 0.1) is 0 Å². The lowest BCUT2D eigenvalue weighted by Crippen LogP contribution is -2.39. The molecule has 0 spiro atoms. The summed E-state index contributed by atoms with van der Waals surface area (Å²) in [6.45, 7) is 2.30. The number of carbonyl (C=O) groups is 1. The molecule has 3 rings (SSSR count). The molecule has 1 aromatic heterocycles. The Morgan fingerprint density at radius 3 is 2.92 bits per heavy atom. The van der Waals surface area contributed by atoms with Crippen molar-refractivity contribution in [2.24, 2.45) is 0 Å². The number of amides is 2. The summed E-state index contributed by atoms with van der Waals surface area (Å²) in [7, 11) is 1.76. The van der Waals surface area contributed by atoms with Gasteiger partial charge in [0.2, 0.25) is 0 Å². The van der Waals surface area contributed by atoms with E-state index in [9.17, 15) is 4.79 Å². The zero-order chi connectivity index (χ0) is 17.5. The van der Waals surface area contributed by atoms with Gasteiger partial charge in [-0.15, -0.1) is 10.2 Å². The number of benzene rings is 1. The zero-order valence-electron chi connectivity index (χ0n) is 14.6. The lowest BCUT2D eigenvalue weighted by molar-refractivity contribution is 0.194. The molecule has 1 aliphatic heterocycles. The van der Waals surface area contributed by atoms with Crippen molar-refractivity contribution in [2.75, 3.05) is 20.2 Å². The van der Waals surface area contributed by atoms with Crippen LogP contribution in [0.4, 0.5) is 4.79 Å². The van der Waals surface area contributed by atoms with Crippen LogP contribution in [0.25, 0.3) is 0 Å². The van der Waals surface area contributed by atoms with Crippen molar-refractivity contribution >= 4 is 6.03 Å². The van der Waals surface area contributed by atoms with Gasteiger partial charge >= 0.3 is 6.03 Å². The van der Waals surface area contributed by atoms with Gasteiger partial charge in [-0.1, -0.05) is 24.6 Å². The Hall–Kier alpha value is -2.57. The Bertz CT molecular complexity index is 686. The molecule has 2 amide bonds. The van der Waals surface area contributed by atoms with Gasteiger partial charge in [0.25, 0.3) is 0 Å². The molecule has 0 aliphatic carbocycles. The Kier molecular flexibility index (Phi) is 5.87. The van der Waals surface area contributed by atoms with Crippen LogP contribution < -0.4 is 10.1 Å². The van der Waals surface area contributed by atoms with Gasteiger partial charge in [-0.05, 0) is 25.0 Å². The second-order valence-corrected chi connectivity index (χ2v) is 6.24. The van der Waals surface area contributed by atoms with E-state index in [1.54, 1.807) is 11.9 Å². The van der Waals surface area contributed by atoms with Gasteiger partial charge in [0, 0.05) is 20.0 Å². The number of aromatic nitrogens is 3. The van der Waals surface area contributed by atoms with Crippen LogP contribution in [0.2, 0.25) is 0 Å². The molecule has 134 valence electrons. The molecule has 0 fully saturated rings. The van der Waals surface area contributed by atoms with Crippen LogP contribution in [0.1, 0.15) is 30.9 Å². The summed E-state index contributed by atoms with van der Waals surface area (Å²) < 4.78 is 7.76. The Morgan fingerprint density at radius 2 is 2.08 bits per heavy atom. The summed E-state index contributed by atoms with van der Waals surface area (Å²) in [5.74, 6) is 2.67. The van der Waals surface area contributed by atoms with E-state index < -0.39 is 0 Å². The Balaban J connectivity index is 1.43. The van der Waals surface area contributed by atoms with Crippen LogP contribution in [0.3, 0.4) is 0 Å². The SMILES string of the molecule is CN(CCOc1ccccc1)C(=O)NCc1nnc2n1CCCCC2. The third-order valence-corrected chi connectivity index (χ3v) is 4.37. The summed E-state index contributed by atoms with van der Waals surface area (Å²) >= 11 is 0. The molecule has 0 radical (unpaired) electrons. The van der Waals surface area contributed by atoms with E-state index in [0.29, 0.717) is 19.7 Å². The highest BCUT2D eigenvalue weighted by Crippen LogP contribution is 2.14. The molecule has 0 bridgehead atoms. The lowest BCUT2D eigenvalue weighted by atomic mass is 10.2. The molecule has 0 saturated heterocycles. The van der Waals surface area contributed by atoms with E-state index in [0.717, 1.165) is 43.2 Å². The predicted molar refractivity (Wildman–Crippen MR) is 94.4 cm³/mol. The number of fused-ring (bicyclic) bond motifs is 1. The van der Waals surface area contributed by atoms with Gasteiger partial charge in [0.1, 0.15) is 18.2 Å². The Morgan fingerprint density at radius 1 is 1.24 bits per heavy atom. The summed E-state index contributed by atoms with van der Waals surface area (Å²) in [4.78, 5) is 13.8. The number of rotatable bonds is 6. The van der Waals surface area contributed by atoms with Gasteiger partial charge in [-0.3, -0.25) is 0 Å². The van der Waals surface area contributed by atoms with E-state index >= 15 is 0 Å². The molecular formula is C18H25N5O2. The quantitative estimate of drug-likeness (QED) is 0.873. The molecule has 2 aromatic rings. The fraction of sp³-hybridized carbons (Fsp3) is 0.500. The molecular weight excluding hydrogens is 318 g/mol. The third kappa shape index (κ3) is 4.71. The van der Waals surface area contributed by atoms with Crippen molar-refractivity contribution in [1.29, 1.82) is 0 Å². The van der Waals surface area contributed by atoms with Crippen molar-refractivity contribution in [3.8, 4) is 5.75 Å². The third-order valence-electron chi connectivity index (χ3n) is 4.37. The van der Waals surface area contributed by atoms with E-state index in [4.69, 9.17) is 4.74 Å². The monoisotopic (exact) mass is 343 g/mol. The number of nitrogens with one attached hydrogen (secondary N) is 1. The van der Waals surface area contributed by atoms with Crippen LogP contribution >= 0.6 is 0 Å². The summed E-state index contributed by atoms with van der Waals surface area (Å²) in [5, 5.41) is 11.4. The van der Waals surface area contributed by atoms with Gasteiger partial charge in [-0.2, -0.15) is 0 Å². The number of carbonyl (C=O) groups excluding carboxylic acids is 1. The fourth-order valence-corrected chi connectivity index (χ4v) is 2.88. The minimum absolute atomic E-state index is 0.136. The van der Waals surface area contributed by atoms with Gasteiger partial charge in [0.15, 0.2) is 5.82 Å². The smallest absolute Gasteiger partial charge is 0.317 e. The van der Waals surface area contributed by atoms with Crippen LogP contribution in [-0.4, -0.2) is 45.9 Å². The van der Waals surface area contributed by atoms with Gasteiger partial charge < -0.3 is 19.5 Å². The number of urea groups is 1. The second-order valence-electron chi connectivity index (χ2n) is 6.24. The molecule has 7 nitrogen and oxygen atoms in total. The molecule has 1 aliphatic rings. The first-order valence-corrected chi connectivity index (χ1v) is 8.82. The normalized spacial score (nSPS) is 13.6. The second kappa shape index (κ2) is 8.50. The molecule has 0 atom stereocenters. The minimum atomic E-state index is -0.136. The van der Waals surface area contributed by atoms with Crippen LogP contribution in [-0.2, 0) is 19.5 Å². The maximum atomic E-state index is 12.2. The molecule has 1 N–H and O–H groups in total. The van der Waals surface area contributed by atoms with Crippen LogP contribution in [0.15, 0.2) is 30.3 Å². The first kappa shape index (κ1) is 17.3. The number of hydrogen-bond acceptors (Lipinski definition) is 4. The number of para-hydroxylation sites is 1. The highest BCUT2D eigenvalue weighted by Gasteiger charge is 2.16. The first-order chi connectivity index (χ1) is 12.2. The minimum Gasteiger partial charge on any atom is -0.492 e. The number of aryl methyl sites for hydroxylation is 1. The molecule has 25 heavy (non-hydrogen) atoms. The van der Waals surface area contributed by atoms with Crippen molar-refractivity contribution in [3.05, 3.63) is 42.0 Å². The van der Waals surface area contributed by atoms with E-state index in [-0.39, 0.29) is 6.03 Å². The topological polar surface area (TPSA) is 72.3 Å². The number of nitrogens with zero attached hydrogens (tertiary/aromatic N) is 4. The zero-order valence-corrected chi connectivity index (χ0v) is 14.6. The molecule has 2 heterocycles. The standard InChI is InChI=1S/C18H25N5O2/c1-22(12-13-25-15-8-4-2-5-9-15)18(24)19-14-17-21-20-16-10-6-3-7-11-23(16)17/h2,4-5,8-9H,3,6-7,10-14H2,1H3,(H,19,24). The van der Waals surface area contributed by atoms with Crippen molar-refractivity contribution in [1.82, 2.24) is 25.0 Å². The highest BCUT2D eigenvalue weighted by atomic mass is 16.5. The largest absolute Gasteiger partial charge is 0.492 e. The maximum Gasteiger partial charge on any atom is 0.317 e.